The van der Waals surface area contributed by atoms with E-state index in [1.807, 2.05) is 5.43 Å². The van der Waals surface area contributed by atoms with E-state index in [2.05, 4.69) is 9.84 Å². The van der Waals surface area contributed by atoms with Gasteiger partial charge >= 0.3 is 11.9 Å². The summed E-state index contributed by atoms with van der Waals surface area (Å²) in [5.41, 5.74) is 1.22. The standard InChI is InChI=1S/C15H16F2N2O5/c1-3-23-13(21)8-12(20)18-19-14(15(22)24-4-2)9-5-10(16)7-11(17)6-9/h5-7H,3-4,8H2,1-2H3,(H,18,20)/b19-14-. The molecule has 0 radical (unpaired) electrons. The van der Waals surface area contributed by atoms with Crippen LogP contribution in [0.3, 0.4) is 0 Å². The molecule has 24 heavy (non-hydrogen) atoms. The molecule has 0 saturated heterocycles. The molecule has 1 aromatic carbocycles. The number of hydrogen-bond acceptors (Lipinski definition) is 6. The maximum Gasteiger partial charge on any atom is 0.359 e. The van der Waals surface area contributed by atoms with Gasteiger partial charge in [-0.2, -0.15) is 5.10 Å². The number of rotatable bonds is 7. The van der Waals surface area contributed by atoms with E-state index in [-0.39, 0.29) is 18.8 Å². The molecule has 0 fully saturated rings. The lowest BCUT2D eigenvalue weighted by atomic mass is 10.1. The van der Waals surface area contributed by atoms with Crippen molar-refractivity contribution in [3.05, 3.63) is 35.4 Å². The zero-order chi connectivity index (χ0) is 18.1. The molecule has 0 bridgehead atoms. The number of esters is 2. The summed E-state index contributed by atoms with van der Waals surface area (Å²) in [6.45, 7) is 3.20. The van der Waals surface area contributed by atoms with Gasteiger partial charge in [-0.25, -0.2) is 19.0 Å². The molecule has 9 heteroatoms. The van der Waals surface area contributed by atoms with Gasteiger partial charge < -0.3 is 9.47 Å². The van der Waals surface area contributed by atoms with Crippen molar-refractivity contribution >= 4 is 23.6 Å². The third-order valence-corrected chi connectivity index (χ3v) is 2.51. The van der Waals surface area contributed by atoms with Crippen LogP contribution in [0.5, 0.6) is 0 Å². The van der Waals surface area contributed by atoms with Crippen LogP contribution >= 0.6 is 0 Å². The average molecular weight is 342 g/mol. The number of hydrazone groups is 1. The van der Waals surface area contributed by atoms with Crippen LogP contribution in [0.25, 0.3) is 0 Å². The molecule has 0 aliphatic rings. The molecule has 0 aliphatic carbocycles. The third kappa shape index (κ3) is 6.11. The van der Waals surface area contributed by atoms with E-state index in [9.17, 15) is 23.2 Å². The molecule has 0 unspecified atom stereocenters. The molecule has 1 N–H and O–H groups in total. The average Bonchev–Trinajstić information content (AvgIpc) is 2.46. The Morgan fingerprint density at radius 1 is 1.04 bits per heavy atom. The number of halogens is 2. The molecular formula is C15H16F2N2O5. The number of nitrogens with zero attached hydrogens (tertiary/aromatic N) is 1. The Balaban J connectivity index is 2.99. The minimum absolute atomic E-state index is 0.00752. The molecule has 0 atom stereocenters. The first-order valence-electron chi connectivity index (χ1n) is 7.03. The van der Waals surface area contributed by atoms with Gasteiger partial charge in [-0.15, -0.1) is 0 Å². The van der Waals surface area contributed by atoms with Gasteiger partial charge in [0.2, 0.25) is 0 Å². The van der Waals surface area contributed by atoms with Crippen LogP contribution in [-0.4, -0.2) is 36.8 Å². The van der Waals surface area contributed by atoms with Gasteiger partial charge in [0.15, 0.2) is 5.71 Å². The lowest BCUT2D eigenvalue weighted by Crippen LogP contribution is -2.27. The van der Waals surface area contributed by atoms with Gasteiger partial charge in [-0.1, -0.05) is 0 Å². The molecular weight excluding hydrogens is 326 g/mol. The Kier molecular flexibility index (Phi) is 7.47. The summed E-state index contributed by atoms with van der Waals surface area (Å²) in [6.07, 6.45) is -0.620. The highest BCUT2D eigenvalue weighted by atomic mass is 19.1. The van der Waals surface area contributed by atoms with Gasteiger partial charge in [0.05, 0.1) is 13.2 Å². The van der Waals surface area contributed by atoms with Crippen molar-refractivity contribution in [2.45, 2.75) is 20.3 Å². The second-order valence-electron chi connectivity index (χ2n) is 4.36. The van der Waals surface area contributed by atoms with Crippen LogP contribution in [-0.2, 0) is 23.9 Å². The van der Waals surface area contributed by atoms with Crippen LogP contribution in [0.2, 0.25) is 0 Å². The highest BCUT2D eigenvalue weighted by Gasteiger charge is 2.19. The number of carbonyl (C=O) groups excluding carboxylic acids is 3. The lowest BCUT2D eigenvalue weighted by Gasteiger charge is -2.07. The second-order valence-corrected chi connectivity index (χ2v) is 4.36. The zero-order valence-corrected chi connectivity index (χ0v) is 13.1. The molecule has 0 saturated carbocycles. The van der Waals surface area contributed by atoms with Crippen LogP contribution in [0.4, 0.5) is 8.78 Å². The number of amides is 1. The van der Waals surface area contributed by atoms with Crippen molar-refractivity contribution in [2.24, 2.45) is 5.10 Å². The molecule has 0 spiro atoms. The predicted molar refractivity (Wildman–Crippen MR) is 78.9 cm³/mol. The predicted octanol–water partition coefficient (Wildman–Crippen LogP) is 1.30. The van der Waals surface area contributed by atoms with E-state index in [0.717, 1.165) is 12.1 Å². The number of carbonyl (C=O) groups is 3. The van der Waals surface area contributed by atoms with Gasteiger partial charge in [0.1, 0.15) is 18.1 Å². The molecule has 130 valence electrons. The van der Waals surface area contributed by atoms with Gasteiger partial charge in [-0.3, -0.25) is 9.59 Å². The lowest BCUT2D eigenvalue weighted by molar-refractivity contribution is -0.146. The van der Waals surface area contributed by atoms with E-state index in [1.54, 1.807) is 6.92 Å². The monoisotopic (exact) mass is 342 g/mol. The van der Waals surface area contributed by atoms with E-state index in [1.165, 1.54) is 6.92 Å². The Hall–Kier alpha value is -2.84. The minimum Gasteiger partial charge on any atom is -0.466 e. The van der Waals surface area contributed by atoms with Crippen molar-refractivity contribution in [2.75, 3.05) is 13.2 Å². The summed E-state index contributed by atoms with van der Waals surface area (Å²) in [4.78, 5) is 34.6. The summed E-state index contributed by atoms with van der Waals surface area (Å²) >= 11 is 0. The van der Waals surface area contributed by atoms with Crippen LogP contribution < -0.4 is 5.43 Å². The van der Waals surface area contributed by atoms with E-state index < -0.39 is 41.6 Å². The van der Waals surface area contributed by atoms with E-state index in [4.69, 9.17) is 4.74 Å². The second kappa shape index (κ2) is 9.33. The Labute approximate surface area is 136 Å². The fraction of sp³-hybridized carbons (Fsp3) is 0.333. The first-order chi connectivity index (χ1) is 11.4. The first kappa shape index (κ1) is 19.2. The molecule has 1 rings (SSSR count). The topological polar surface area (TPSA) is 94.1 Å². The number of benzene rings is 1. The summed E-state index contributed by atoms with van der Waals surface area (Å²) < 4.78 is 35.9. The maximum absolute atomic E-state index is 13.3. The van der Waals surface area contributed by atoms with Crippen molar-refractivity contribution in [1.82, 2.24) is 5.43 Å². The fourth-order valence-corrected chi connectivity index (χ4v) is 1.62. The molecule has 7 nitrogen and oxygen atoms in total. The largest absolute Gasteiger partial charge is 0.466 e. The summed E-state index contributed by atoms with van der Waals surface area (Å²) in [6, 6.07) is 2.33. The smallest absolute Gasteiger partial charge is 0.359 e. The van der Waals surface area contributed by atoms with Crippen molar-refractivity contribution in [3.63, 3.8) is 0 Å². The highest BCUT2D eigenvalue weighted by Crippen LogP contribution is 2.10. The van der Waals surface area contributed by atoms with Crippen molar-refractivity contribution in [1.29, 1.82) is 0 Å². The number of ether oxygens (including phenoxy) is 2. The molecule has 0 aromatic heterocycles. The minimum atomic E-state index is -0.987. The van der Waals surface area contributed by atoms with Crippen LogP contribution in [0.15, 0.2) is 23.3 Å². The quantitative estimate of drug-likeness (QED) is 0.349. The number of hydrogen-bond donors (Lipinski definition) is 1. The zero-order valence-electron chi connectivity index (χ0n) is 13.1. The number of nitrogens with one attached hydrogen (secondary N) is 1. The summed E-state index contributed by atoms with van der Waals surface area (Å²) in [7, 11) is 0. The molecule has 0 aliphatic heterocycles. The van der Waals surface area contributed by atoms with Gasteiger partial charge in [-0.05, 0) is 26.0 Å². The Bertz CT molecular complexity index is 641. The molecule has 1 aromatic rings. The normalized spacial score (nSPS) is 10.9. The van der Waals surface area contributed by atoms with E-state index in [0.29, 0.717) is 6.07 Å². The summed E-state index contributed by atoms with van der Waals surface area (Å²) in [5.74, 6) is -4.48. The highest BCUT2D eigenvalue weighted by molar-refractivity contribution is 6.43. The van der Waals surface area contributed by atoms with Crippen molar-refractivity contribution in [3.8, 4) is 0 Å². The van der Waals surface area contributed by atoms with E-state index >= 15 is 0 Å². The Morgan fingerprint density at radius 2 is 1.62 bits per heavy atom. The van der Waals surface area contributed by atoms with Crippen molar-refractivity contribution < 1.29 is 32.6 Å². The third-order valence-electron chi connectivity index (χ3n) is 2.51. The summed E-state index contributed by atoms with van der Waals surface area (Å²) in [5, 5.41) is 3.51. The SMILES string of the molecule is CCOC(=O)CC(=O)N/N=C(\C(=O)OCC)c1cc(F)cc(F)c1. The van der Waals surface area contributed by atoms with Crippen LogP contribution in [0.1, 0.15) is 25.8 Å². The van der Waals surface area contributed by atoms with Crippen LogP contribution in [0, 0.1) is 11.6 Å². The fourth-order valence-electron chi connectivity index (χ4n) is 1.62. The Morgan fingerprint density at radius 3 is 2.17 bits per heavy atom. The van der Waals surface area contributed by atoms with Gasteiger partial charge in [0, 0.05) is 11.6 Å². The maximum atomic E-state index is 13.3. The molecule has 1 amide bonds. The van der Waals surface area contributed by atoms with Gasteiger partial charge in [0.25, 0.3) is 5.91 Å². The molecule has 0 heterocycles. The first-order valence-corrected chi connectivity index (χ1v) is 7.03.